The highest BCUT2D eigenvalue weighted by Crippen LogP contribution is 2.39. The largest absolute Gasteiger partial charge is 0.344 e. The summed E-state index contributed by atoms with van der Waals surface area (Å²) in [7, 11) is 0. The van der Waals surface area contributed by atoms with Gasteiger partial charge in [-0.3, -0.25) is 14.9 Å². The van der Waals surface area contributed by atoms with Crippen LogP contribution < -0.4 is 11.1 Å². The van der Waals surface area contributed by atoms with Crippen LogP contribution in [0.4, 0.5) is 5.69 Å². The van der Waals surface area contributed by atoms with E-state index in [0.29, 0.717) is 18.2 Å². The molecule has 1 unspecified atom stereocenters. The van der Waals surface area contributed by atoms with E-state index in [2.05, 4.69) is 15.6 Å². The van der Waals surface area contributed by atoms with Crippen molar-refractivity contribution in [2.24, 2.45) is 11.7 Å². The number of aromatic nitrogens is 3. The molecule has 1 aromatic carbocycles. The lowest BCUT2D eigenvalue weighted by Gasteiger charge is -2.28. The summed E-state index contributed by atoms with van der Waals surface area (Å²) < 4.78 is 1.33. The molecular formula is C15H18N6O3. The van der Waals surface area contributed by atoms with Gasteiger partial charge in [0.05, 0.1) is 22.3 Å². The summed E-state index contributed by atoms with van der Waals surface area (Å²) in [5.41, 5.74) is 5.89. The van der Waals surface area contributed by atoms with Crippen LogP contribution in [0.15, 0.2) is 30.5 Å². The molecule has 1 amide bonds. The smallest absolute Gasteiger partial charge is 0.273 e. The second-order valence-electron chi connectivity index (χ2n) is 6.18. The normalized spacial score (nSPS) is 16.4. The van der Waals surface area contributed by atoms with Crippen LogP contribution in [0.5, 0.6) is 0 Å². The molecule has 0 bridgehead atoms. The molecule has 0 saturated heterocycles. The molecule has 1 fully saturated rings. The molecule has 3 rings (SSSR count). The SMILES string of the molecule is CC(CN)(NC(=O)c1cn(-c2cccc([N+](=O)[O-])c2)nn1)C1CC1. The molecule has 3 N–H and O–H groups in total. The Kier molecular flexibility index (Phi) is 4.02. The van der Waals surface area contributed by atoms with Crippen LogP contribution in [-0.4, -0.2) is 37.9 Å². The van der Waals surface area contributed by atoms with Gasteiger partial charge in [0.15, 0.2) is 5.69 Å². The predicted molar refractivity (Wildman–Crippen MR) is 85.7 cm³/mol. The number of nitrogens with one attached hydrogen (secondary N) is 1. The van der Waals surface area contributed by atoms with E-state index in [9.17, 15) is 14.9 Å². The van der Waals surface area contributed by atoms with Crippen LogP contribution in [0.25, 0.3) is 5.69 Å². The lowest BCUT2D eigenvalue weighted by atomic mass is 9.96. The van der Waals surface area contributed by atoms with Gasteiger partial charge in [-0.05, 0) is 31.7 Å². The highest BCUT2D eigenvalue weighted by atomic mass is 16.6. The van der Waals surface area contributed by atoms with Crippen molar-refractivity contribution in [3.63, 3.8) is 0 Å². The number of nitrogens with two attached hydrogens (primary N) is 1. The minimum Gasteiger partial charge on any atom is -0.344 e. The zero-order chi connectivity index (χ0) is 17.3. The summed E-state index contributed by atoms with van der Waals surface area (Å²) >= 11 is 0. The van der Waals surface area contributed by atoms with E-state index in [-0.39, 0.29) is 17.3 Å². The number of nitro benzene ring substituents is 1. The predicted octanol–water partition coefficient (Wildman–Crippen LogP) is 1.03. The van der Waals surface area contributed by atoms with E-state index in [1.807, 2.05) is 6.92 Å². The highest BCUT2D eigenvalue weighted by Gasteiger charge is 2.42. The van der Waals surface area contributed by atoms with Gasteiger partial charge in [-0.2, -0.15) is 0 Å². The molecule has 1 aliphatic rings. The maximum atomic E-state index is 12.4. The first-order chi connectivity index (χ1) is 11.4. The number of carbonyl (C=O) groups excluding carboxylic acids is 1. The monoisotopic (exact) mass is 330 g/mol. The van der Waals surface area contributed by atoms with Gasteiger partial charge in [0.2, 0.25) is 0 Å². The number of carbonyl (C=O) groups is 1. The van der Waals surface area contributed by atoms with Crippen LogP contribution in [0.2, 0.25) is 0 Å². The average molecular weight is 330 g/mol. The number of nitrogens with zero attached hydrogens (tertiary/aromatic N) is 4. The summed E-state index contributed by atoms with van der Waals surface area (Å²) in [6.45, 7) is 2.27. The van der Waals surface area contributed by atoms with E-state index >= 15 is 0 Å². The van der Waals surface area contributed by atoms with E-state index < -0.39 is 10.5 Å². The second kappa shape index (κ2) is 6.00. The zero-order valence-corrected chi connectivity index (χ0v) is 13.2. The maximum absolute atomic E-state index is 12.4. The fourth-order valence-electron chi connectivity index (χ4n) is 2.61. The average Bonchev–Trinajstić information content (AvgIpc) is 3.32. The number of amides is 1. The quantitative estimate of drug-likeness (QED) is 0.601. The van der Waals surface area contributed by atoms with Crippen molar-refractivity contribution in [1.29, 1.82) is 0 Å². The fraction of sp³-hybridized carbons (Fsp3) is 0.400. The van der Waals surface area contributed by atoms with Gasteiger partial charge >= 0.3 is 0 Å². The summed E-state index contributed by atoms with van der Waals surface area (Å²) in [6.07, 6.45) is 3.54. The first-order valence-electron chi connectivity index (χ1n) is 7.63. The molecule has 0 aliphatic heterocycles. The third kappa shape index (κ3) is 3.11. The van der Waals surface area contributed by atoms with Gasteiger partial charge in [-0.25, -0.2) is 4.68 Å². The van der Waals surface area contributed by atoms with Gasteiger partial charge in [0, 0.05) is 18.7 Å². The maximum Gasteiger partial charge on any atom is 0.273 e. The van der Waals surface area contributed by atoms with Crippen molar-refractivity contribution in [3.8, 4) is 5.69 Å². The first-order valence-corrected chi connectivity index (χ1v) is 7.63. The van der Waals surface area contributed by atoms with E-state index in [1.54, 1.807) is 12.1 Å². The molecule has 1 heterocycles. The molecule has 2 aromatic rings. The Morgan fingerprint density at radius 3 is 2.92 bits per heavy atom. The van der Waals surface area contributed by atoms with Crippen molar-refractivity contribution < 1.29 is 9.72 Å². The molecule has 1 saturated carbocycles. The van der Waals surface area contributed by atoms with Crippen molar-refractivity contribution in [3.05, 3.63) is 46.3 Å². The molecule has 1 aliphatic carbocycles. The number of hydrogen-bond acceptors (Lipinski definition) is 6. The van der Waals surface area contributed by atoms with Gasteiger partial charge in [0.1, 0.15) is 0 Å². The number of nitro groups is 1. The lowest BCUT2D eigenvalue weighted by molar-refractivity contribution is -0.384. The Balaban J connectivity index is 1.79. The summed E-state index contributed by atoms with van der Waals surface area (Å²) in [6, 6.07) is 5.95. The third-order valence-corrected chi connectivity index (χ3v) is 4.33. The van der Waals surface area contributed by atoms with E-state index in [0.717, 1.165) is 12.8 Å². The molecular weight excluding hydrogens is 312 g/mol. The molecule has 1 aromatic heterocycles. The third-order valence-electron chi connectivity index (χ3n) is 4.33. The number of non-ortho nitro benzene ring substituents is 1. The van der Waals surface area contributed by atoms with Crippen LogP contribution in [-0.2, 0) is 0 Å². The summed E-state index contributed by atoms with van der Waals surface area (Å²) in [4.78, 5) is 22.7. The van der Waals surface area contributed by atoms with Crippen LogP contribution in [0, 0.1) is 16.0 Å². The van der Waals surface area contributed by atoms with Crippen LogP contribution in [0.1, 0.15) is 30.3 Å². The minimum absolute atomic E-state index is 0.0570. The number of hydrogen-bond donors (Lipinski definition) is 2. The van der Waals surface area contributed by atoms with Crippen LogP contribution >= 0.6 is 0 Å². The Bertz CT molecular complexity index is 785. The van der Waals surface area contributed by atoms with Crippen molar-refractivity contribution in [1.82, 2.24) is 20.3 Å². The first kappa shape index (κ1) is 16.1. The molecule has 0 radical (unpaired) electrons. The van der Waals surface area contributed by atoms with Crippen LogP contribution in [0.3, 0.4) is 0 Å². The Morgan fingerprint density at radius 2 is 2.29 bits per heavy atom. The minimum atomic E-state index is -0.490. The van der Waals surface area contributed by atoms with Gasteiger partial charge in [0.25, 0.3) is 11.6 Å². The molecule has 1 atom stereocenters. The van der Waals surface area contributed by atoms with E-state index in [1.165, 1.54) is 23.0 Å². The Labute approximate surface area is 138 Å². The second-order valence-corrected chi connectivity index (χ2v) is 6.18. The number of rotatable bonds is 6. The van der Waals surface area contributed by atoms with Gasteiger partial charge in [-0.15, -0.1) is 5.10 Å². The molecule has 9 nitrogen and oxygen atoms in total. The fourth-order valence-corrected chi connectivity index (χ4v) is 2.61. The topological polar surface area (TPSA) is 129 Å². The van der Waals surface area contributed by atoms with Gasteiger partial charge in [-0.1, -0.05) is 11.3 Å². The number of benzene rings is 1. The van der Waals surface area contributed by atoms with Crippen molar-refractivity contribution in [2.75, 3.05) is 6.54 Å². The molecule has 0 spiro atoms. The van der Waals surface area contributed by atoms with E-state index in [4.69, 9.17) is 5.73 Å². The molecule has 24 heavy (non-hydrogen) atoms. The van der Waals surface area contributed by atoms with Crippen molar-refractivity contribution >= 4 is 11.6 Å². The summed E-state index contributed by atoms with van der Waals surface area (Å²) in [5, 5.41) is 21.5. The van der Waals surface area contributed by atoms with Crippen molar-refractivity contribution in [2.45, 2.75) is 25.3 Å². The molecule has 9 heteroatoms. The van der Waals surface area contributed by atoms with Gasteiger partial charge < -0.3 is 11.1 Å². The lowest BCUT2D eigenvalue weighted by Crippen LogP contribution is -2.53. The highest BCUT2D eigenvalue weighted by molar-refractivity contribution is 5.92. The zero-order valence-electron chi connectivity index (χ0n) is 13.2. The standard InChI is InChI=1S/C15H18N6O3/c1-15(9-16,10-5-6-10)17-14(22)13-8-20(19-18-13)11-3-2-4-12(7-11)21(23)24/h2-4,7-8,10H,5-6,9,16H2,1H3,(H,17,22). The Hall–Kier alpha value is -2.81. The summed E-state index contributed by atoms with van der Waals surface area (Å²) in [5.74, 6) is 0.0322. The Morgan fingerprint density at radius 1 is 1.54 bits per heavy atom. The molecule has 126 valence electrons.